The Balaban J connectivity index is 1.90. The molecule has 4 heteroatoms. The molecule has 0 saturated carbocycles. The fourth-order valence-electron chi connectivity index (χ4n) is 2.49. The minimum Gasteiger partial charge on any atom is -0.475 e. The molecule has 112 valence electrons. The van der Waals surface area contributed by atoms with E-state index in [1.165, 1.54) is 0 Å². The second-order valence-electron chi connectivity index (χ2n) is 5.64. The molecule has 1 aromatic rings. The minimum absolute atomic E-state index is 0.149. The van der Waals surface area contributed by atoms with Crippen LogP contribution in [0.4, 0.5) is 0 Å². The molecule has 0 spiro atoms. The Morgan fingerprint density at radius 2 is 2.35 bits per heavy atom. The van der Waals surface area contributed by atoms with Crippen LogP contribution in [0.25, 0.3) is 0 Å². The summed E-state index contributed by atoms with van der Waals surface area (Å²) < 4.78 is 11.5. The Hall–Kier alpha value is -1.13. The summed E-state index contributed by atoms with van der Waals surface area (Å²) in [5, 5.41) is 3.62. The Morgan fingerprint density at radius 1 is 1.50 bits per heavy atom. The van der Waals surface area contributed by atoms with Crippen LogP contribution in [0.1, 0.15) is 45.6 Å². The van der Waals surface area contributed by atoms with Gasteiger partial charge in [0.15, 0.2) is 0 Å². The maximum atomic E-state index is 5.75. The molecule has 2 unspecified atom stereocenters. The van der Waals surface area contributed by atoms with E-state index in [2.05, 4.69) is 23.3 Å². The van der Waals surface area contributed by atoms with Crippen molar-refractivity contribution in [3.63, 3.8) is 0 Å². The van der Waals surface area contributed by atoms with Crippen molar-refractivity contribution in [3.05, 3.63) is 23.9 Å². The van der Waals surface area contributed by atoms with Gasteiger partial charge in [-0.3, -0.25) is 0 Å². The van der Waals surface area contributed by atoms with Crippen LogP contribution in [0.15, 0.2) is 18.3 Å². The molecule has 0 radical (unpaired) electrons. The number of ether oxygens (including phenoxy) is 2. The van der Waals surface area contributed by atoms with E-state index in [0.29, 0.717) is 12.1 Å². The summed E-state index contributed by atoms with van der Waals surface area (Å²) in [6, 6.07) is 4.57. The molecule has 1 fully saturated rings. The monoisotopic (exact) mass is 278 g/mol. The first-order chi connectivity index (χ1) is 9.69. The van der Waals surface area contributed by atoms with Gasteiger partial charge < -0.3 is 14.8 Å². The van der Waals surface area contributed by atoms with Gasteiger partial charge >= 0.3 is 0 Å². The molecule has 1 aliphatic heterocycles. The molecule has 1 N–H and O–H groups in total. The predicted octanol–water partition coefficient (Wildman–Crippen LogP) is 2.92. The van der Waals surface area contributed by atoms with E-state index >= 15 is 0 Å². The molecule has 1 saturated heterocycles. The highest BCUT2D eigenvalue weighted by molar-refractivity contribution is 5.25. The van der Waals surface area contributed by atoms with Gasteiger partial charge in [-0.2, -0.15) is 0 Å². The molecular weight excluding hydrogens is 252 g/mol. The fraction of sp³-hybridized carbons (Fsp3) is 0.688. The number of nitrogens with zero attached hydrogens (tertiary/aromatic N) is 1. The van der Waals surface area contributed by atoms with Gasteiger partial charge in [0, 0.05) is 31.0 Å². The number of aromatic nitrogens is 1. The summed E-state index contributed by atoms with van der Waals surface area (Å²) in [5.74, 6) is 0.745. The van der Waals surface area contributed by atoms with Crippen molar-refractivity contribution in [2.75, 3.05) is 6.61 Å². The summed E-state index contributed by atoms with van der Waals surface area (Å²) in [6.07, 6.45) is 5.60. The summed E-state index contributed by atoms with van der Waals surface area (Å²) in [7, 11) is 0. The number of pyridine rings is 1. The third kappa shape index (κ3) is 4.46. The van der Waals surface area contributed by atoms with Crippen LogP contribution in [0, 0.1) is 0 Å². The van der Waals surface area contributed by atoms with Gasteiger partial charge in [0.05, 0.1) is 12.2 Å². The highest BCUT2D eigenvalue weighted by Gasteiger charge is 2.21. The van der Waals surface area contributed by atoms with Gasteiger partial charge in [-0.15, -0.1) is 0 Å². The van der Waals surface area contributed by atoms with Crippen LogP contribution in [0.5, 0.6) is 5.88 Å². The van der Waals surface area contributed by atoms with Crippen molar-refractivity contribution in [2.24, 2.45) is 0 Å². The molecule has 4 nitrogen and oxygen atoms in total. The lowest BCUT2D eigenvalue weighted by Crippen LogP contribution is -2.38. The quantitative estimate of drug-likeness (QED) is 0.869. The zero-order valence-electron chi connectivity index (χ0n) is 12.8. The predicted molar refractivity (Wildman–Crippen MR) is 79.9 cm³/mol. The lowest BCUT2D eigenvalue weighted by atomic mass is 10.0. The van der Waals surface area contributed by atoms with Crippen molar-refractivity contribution >= 4 is 0 Å². The minimum atomic E-state index is 0.149. The summed E-state index contributed by atoms with van der Waals surface area (Å²) in [6.45, 7) is 7.89. The van der Waals surface area contributed by atoms with Gasteiger partial charge in [-0.05, 0) is 39.2 Å². The van der Waals surface area contributed by atoms with E-state index < -0.39 is 0 Å². The SMILES string of the molecule is CCC1CC(NCc2cccnc2OC(C)C)CCO1. The van der Waals surface area contributed by atoms with Crippen LogP contribution in [0.2, 0.25) is 0 Å². The average molecular weight is 278 g/mol. The summed E-state index contributed by atoms with van der Waals surface area (Å²) >= 11 is 0. The Morgan fingerprint density at radius 3 is 3.10 bits per heavy atom. The van der Waals surface area contributed by atoms with Gasteiger partial charge in [0.2, 0.25) is 5.88 Å². The highest BCUT2D eigenvalue weighted by atomic mass is 16.5. The van der Waals surface area contributed by atoms with Crippen molar-refractivity contribution in [1.82, 2.24) is 10.3 Å². The highest BCUT2D eigenvalue weighted by Crippen LogP contribution is 2.19. The van der Waals surface area contributed by atoms with E-state index in [9.17, 15) is 0 Å². The molecular formula is C16H26N2O2. The van der Waals surface area contributed by atoms with Crippen LogP contribution < -0.4 is 10.1 Å². The molecule has 2 atom stereocenters. The van der Waals surface area contributed by atoms with Crippen molar-refractivity contribution in [1.29, 1.82) is 0 Å². The Labute approximate surface area is 121 Å². The normalized spacial score (nSPS) is 23.0. The van der Waals surface area contributed by atoms with Crippen molar-refractivity contribution in [2.45, 2.75) is 64.8 Å². The van der Waals surface area contributed by atoms with Crippen LogP contribution in [-0.4, -0.2) is 29.8 Å². The zero-order chi connectivity index (χ0) is 14.4. The van der Waals surface area contributed by atoms with Crippen LogP contribution >= 0.6 is 0 Å². The van der Waals surface area contributed by atoms with E-state index in [1.807, 2.05) is 19.9 Å². The number of hydrogen-bond donors (Lipinski definition) is 1. The maximum absolute atomic E-state index is 5.75. The van der Waals surface area contributed by atoms with Crippen molar-refractivity contribution < 1.29 is 9.47 Å². The van der Waals surface area contributed by atoms with Gasteiger partial charge in [0.1, 0.15) is 0 Å². The first kappa shape index (κ1) is 15.3. The molecule has 0 aromatic carbocycles. The number of nitrogens with one attached hydrogen (secondary N) is 1. The molecule has 1 aromatic heterocycles. The molecule has 0 bridgehead atoms. The first-order valence-corrected chi connectivity index (χ1v) is 7.64. The largest absolute Gasteiger partial charge is 0.475 e. The van der Waals surface area contributed by atoms with E-state index in [4.69, 9.17) is 9.47 Å². The van der Waals surface area contributed by atoms with Crippen LogP contribution in [-0.2, 0) is 11.3 Å². The molecule has 2 heterocycles. The second-order valence-corrected chi connectivity index (χ2v) is 5.64. The number of rotatable bonds is 6. The third-order valence-electron chi connectivity index (χ3n) is 3.60. The topological polar surface area (TPSA) is 43.4 Å². The van der Waals surface area contributed by atoms with Crippen molar-refractivity contribution in [3.8, 4) is 5.88 Å². The van der Waals surface area contributed by atoms with E-state index in [0.717, 1.165) is 43.9 Å². The van der Waals surface area contributed by atoms with Gasteiger partial charge in [-0.1, -0.05) is 13.0 Å². The van der Waals surface area contributed by atoms with E-state index in [1.54, 1.807) is 6.20 Å². The Bertz CT molecular complexity index is 409. The van der Waals surface area contributed by atoms with E-state index in [-0.39, 0.29) is 6.10 Å². The first-order valence-electron chi connectivity index (χ1n) is 7.64. The standard InChI is InChI=1S/C16H26N2O2/c1-4-15-10-14(7-9-19-15)18-11-13-6-5-8-17-16(13)20-12(2)3/h5-6,8,12,14-15,18H,4,7,9-11H2,1-3H3. The molecule has 0 amide bonds. The Kier molecular flexibility index (Phi) is 5.80. The molecule has 1 aliphatic rings. The summed E-state index contributed by atoms with van der Waals surface area (Å²) in [4.78, 5) is 4.33. The summed E-state index contributed by atoms with van der Waals surface area (Å²) in [5.41, 5.74) is 1.13. The van der Waals surface area contributed by atoms with Gasteiger partial charge in [0.25, 0.3) is 0 Å². The lowest BCUT2D eigenvalue weighted by molar-refractivity contribution is -0.000358. The molecule has 20 heavy (non-hydrogen) atoms. The molecule has 0 aliphatic carbocycles. The smallest absolute Gasteiger partial charge is 0.218 e. The fourth-order valence-corrected chi connectivity index (χ4v) is 2.49. The molecule has 2 rings (SSSR count). The maximum Gasteiger partial charge on any atom is 0.218 e. The second kappa shape index (κ2) is 7.60. The number of hydrogen-bond acceptors (Lipinski definition) is 4. The zero-order valence-corrected chi connectivity index (χ0v) is 12.8. The van der Waals surface area contributed by atoms with Gasteiger partial charge in [-0.25, -0.2) is 4.98 Å². The average Bonchev–Trinajstić information content (AvgIpc) is 2.46. The lowest BCUT2D eigenvalue weighted by Gasteiger charge is -2.29. The van der Waals surface area contributed by atoms with Crippen LogP contribution in [0.3, 0.4) is 0 Å². The third-order valence-corrected chi connectivity index (χ3v) is 3.60.